The summed E-state index contributed by atoms with van der Waals surface area (Å²) in [7, 11) is 0. The molecule has 3 heterocycles. The van der Waals surface area contributed by atoms with E-state index in [1.165, 1.54) is 6.07 Å². The first-order valence-electron chi connectivity index (χ1n) is 9.91. The maximum atomic E-state index is 16.2. The Morgan fingerprint density at radius 1 is 1.32 bits per heavy atom. The van der Waals surface area contributed by atoms with E-state index in [-0.39, 0.29) is 17.0 Å². The lowest BCUT2D eigenvalue weighted by molar-refractivity contribution is -0.0501. The largest absolute Gasteiger partial charge is 0.434 e. The molecule has 0 saturated heterocycles. The van der Waals surface area contributed by atoms with Gasteiger partial charge < -0.3 is 10.1 Å². The van der Waals surface area contributed by atoms with Crippen LogP contribution >= 0.6 is 0 Å². The van der Waals surface area contributed by atoms with Gasteiger partial charge in [0.25, 0.3) is 0 Å². The molecule has 31 heavy (non-hydrogen) atoms. The van der Waals surface area contributed by atoms with E-state index >= 15 is 4.39 Å². The number of hydrogen-bond acceptors (Lipinski definition) is 5. The first-order valence-corrected chi connectivity index (χ1v) is 9.91. The van der Waals surface area contributed by atoms with E-state index in [9.17, 15) is 8.78 Å². The summed E-state index contributed by atoms with van der Waals surface area (Å²) in [4.78, 5) is 0. The summed E-state index contributed by atoms with van der Waals surface area (Å²) in [6.07, 6.45) is 3.70. The molecule has 0 aliphatic carbocycles. The summed E-state index contributed by atoms with van der Waals surface area (Å²) in [5.74, 6) is 0.0696. The molecule has 4 rings (SSSR count). The van der Waals surface area contributed by atoms with Crippen LogP contribution in [0.2, 0.25) is 0 Å². The number of nitrogens with one attached hydrogen (secondary N) is 2. The van der Waals surface area contributed by atoms with Crippen LogP contribution in [0.15, 0.2) is 12.3 Å². The van der Waals surface area contributed by atoms with Gasteiger partial charge in [-0.05, 0) is 39.7 Å². The molecule has 0 atom stereocenters. The molecule has 1 aliphatic heterocycles. The number of alkyl halides is 2. The van der Waals surface area contributed by atoms with Crippen molar-refractivity contribution in [1.29, 1.82) is 0 Å². The van der Waals surface area contributed by atoms with E-state index in [1.54, 1.807) is 23.8 Å². The summed E-state index contributed by atoms with van der Waals surface area (Å²) >= 11 is 0. The van der Waals surface area contributed by atoms with Crippen molar-refractivity contribution in [1.82, 2.24) is 25.0 Å². The Kier molecular flexibility index (Phi) is 5.03. The highest BCUT2D eigenvalue weighted by Gasteiger charge is 2.37. The fourth-order valence-electron chi connectivity index (χ4n) is 4.09. The number of halogens is 3. The van der Waals surface area contributed by atoms with Crippen molar-refractivity contribution >= 4 is 17.3 Å². The molecule has 0 amide bonds. The summed E-state index contributed by atoms with van der Waals surface area (Å²) in [6, 6.07) is 1.41. The molecule has 0 fully saturated rings. The van der Waals surface area contributed by atoms with Gasteiger partial charge in [-0.15, -0.1) is 10.2 Å². The van der Waals surface area contributed by atoms with Gasteiger partial charge in [0.1, 0.15) is 17.3 Å². The van der Waals surface area contributed by atoms with Gasteiger partial charge in [-0.1, -0.05) is 13.0 Å². The Balaban J connectivity index is 2.14. The molecule has 0 saturated carbocycles. The number of ether oxygens (including phenoxy) is 1. The van der Waals surface area contributed by atoms with Crippen LogP contribution in [0.1, 0.15) is 51.3 Å². The maximum absolute atomic E-state index is 16.2. The molecule has 2 aromatic heterocycles. The first-order chi connectivity index (χ1) is 14.7. The van der Waals surface area contributed by atoms with E-state index in [1.807, 2.05) is 27.7 Å². The van der Waals surface area contributed by atoms with Crippen LogP contribution in [-0.4, -0.2) is 31.6 Å². The van der Waals surface area contributed by atoms with E-state index in [0.29, 0.717) is 39.9 Å². The number of aromatic amines is 1. The molecular weight excluding hydrogens is 409 g/mol. The molecule has 0 unspecified atom stereocenters. The average molecular weight is 432 g/mol. The van der Waals surface area contributed by atoms with E-state index in [4.69, 9.17) is 4.74 Å². The average Bonchev–Trinajstić information content (AvgIpc) is 3.31. The minimum absolute atomic E-state index is 0.0355. The summed E-state index contributed by atoms with van der Waals surface area (Å²) in [6.45, 7) is 5.95. The third kappa shape index (κ3) is 3.26. The number of nitrogens with zero attached hydrogens (tertiary/aromatic N) is 4. The smallest absolute Gasteiger partial charge is 0.387 e. The van der Waals surface area contributed by atoms with Crippen molar-refractivity contribution in [2.75, 3.05) is 5.32 Å². The van der Waals surface area contributed by atoms with Gasteiger partial charge in [-0.2, -0.15) is 13.9 Å². The number of aryl methyl sites for hydroxylation is 1. The minimum Gasteiger partial charge on any atom is -0.434 e. The number of hydrogen-bond donors (Lipinski definition) is 2. The Labute approximate surface area is 176 Å². The molecule has 2 N–H and O–H groups in total. The SMILES string of the molecule is C/C=c1/[nH]nc/c1=C(/CC)c1c(OC(F)F)cc2c(c1F)-n1c(C)nnc1C(C)(C)N2. The van der Waals surface area contributed by atoms with E-state index < -0.39 is 18.0 Å². The predicted octanol–water partition coefficient (Wildman–Crippen LogP) is 3.11. The van der Waals surface area contributed by atoms with Crippen molar-refractivity contribution in [3.8, 4) is 11.4 Å². The van der Waals surface area contributed by atoms with Crippen LogP contribution in [-0.2, 0) is 5.54 Å². The lowest BCUT2D eigenvalue weighted by Gasteiger charge is -2.34. The standard InChI is InChI=1S/C21H23F3N6O/c1-6-11(12-9-25-28-13(12)7-2)16-15(31-20(23)24)8-14-18(17(16)22)30-10(3)27-29-19(30)21(4,5)26-14/h7-9,20,26,28H,6H2,1-5H3/b12-11+,13-7+. The van der Waals surface area contributed by atoms with Crippen LogP contribution in [0.3, 0.4) is 0 Å². The number of fused-ring (bicyclic) bond motifs is 3. The van der Waals surface area contributed by atoms with E-state index in [2.05, 4.69) is 25.7 Å². The van der Waals surface area contributed by atoms with Gasteiger partial charge in [-0.3, -0.25) is 9.67 Å². The van der Waals surface area contributed by atoms with Gasteiger partial charge in [0, 0.05) is 11.3 Å². The summed E-state index contributed by atoms with van der Waals surface area (Å²) < 4.78 is 49.2. The fourth-order valence-corrected chi connectivity index (χ4v) is 4.09. The molecule has 0 bridgehead atoms. The lowest BCUT2D eigenvalue weighted by Crippen LogP contribution is -2.36. The number of H-pyrrole nitrogens is 1. The number of anilines is 1. The van der Waals surface area contributed by atoms with Gasteiger partial charge in [-0.25, -0.2) is 4.39 Å². The summed E-state index contributed by atoms with van der Waals surface area (Å²) in [5, 5.41) is 19.6. The van der Waals surface area contributed by atoms with Crippen molar-refractivity contribution in [3.63, 3.8) is 0 Å². The van der Waals surface area contributed by atoms with Crippen LogP contribution in [0.25, 0.3) is 17.3 Å². The Hall–Kier alpha value is -3.30. The predicted molar refractivity (Wildman–Crippen MR) is 110 cm³/mol. The normalized spacial score (nSPS) is 16.1. The van der Waals surface area contributed by atoms with Gasteiger partial charge in [0.2, 0.25) is 0 Å². The molecule has 0 spiro atoms. The van der Waals surface area contributed by atoms with Crippen LogP contribution < -0.4 is 20.6 Å². The Bertz CT molecular complexity index is 1280. The minimum atomic E-state index is -3.11. The summed E-state index contributed by atoms with van der Waals surface area (Å²) in [5.41, 5.74) is 0.255. The molecule has 10 heteroatoms. The zero-order chi connectivity index (χ0) is 22.5. The van der Waals surface area contributed by atoms with Crippen molar-refractivity contribution in [2.45, 2.75) is 53.2 Å². The molecule has 1 aliphatic rings. The van der Waals surface area contributed by atoms with Crippen LogP contribution in [0.5, 0.6) is 5.75 Å². The maximum Gasteiger partial charge on any atom is 0.387 e. The third-order valence-electron chi connectivity index (χ3n) is 5.41. The molecule has 1 aromatic carbocycles. The highest BCUT2D eigenvalue weighted by molar-refractivity contribution is 5.80. The van der Waals surface area contributed by atoms with Crippen molar-refractivity contribution in [2.24, 2.45) is 0 Å². The Morgan fingerprint density at radius 3 is 2.71 bits per heavy atom. The molecule has 3 aromatic rings. The zero-order valence-corrected chi connectivity index (χ0v) is 17.8. The third-order valence-corrected chi connectivity index (χ3v) is 5.41. The highest BCUT2D eigenvalue weighted by atomic mass is 19.3. The zero-order valence-electron chi connectivity index (χ0n) is 17.8. The molecule has 0 radical (unpaired) electrons. The second-order valence-corrected chi connectivity index (χ2v) is 7.81. The molecule has 164 valence electrons. The van der Waals surface area contributed by atoms with Gasteiger partial charge >= 0.3 is 6.61 Å². The van der Waals surface area contributed by atoms with Gasteiger partial charge in [0.05, 0.1) is 28.3 Å². The number of rotatable bonds is 4. The fraction of sp³-hybridized carbons (Fsp3) is 0.381. The van der Waals surface area contributed by atoms with Crippen molar-refractivity contribution < 1.29 is 17.9 Å². The molecule has 7 nitrogen and oxygen atoms in total. The number of benzene rings is 1. The topological polar surface area (TPSA) is 80.7 Å². The highest BCUT2D eigenvalue weighted by Crippen LogP contribution is 2.44. The quantitative estimate of drug-likeness (QED) is 0.662. The second kappa shape index (κ2) is 7.44. The van der Waals surface area contributed by atoms with Crippen LogP contribution in [0.4, 0.5) is 18.9 Å². The van der Waals surface area contributed by atoms with Crippen molar-refractivity contribution in [3.05, 3.63) is 45.9 Å². The number of aromatic nitrogens is 5. The second-order valence-electron chi connectivity index (χ2n) is 7.81. The first kappa shape index (κ1) is 21.0. The molecular formula is C21H23F3N6O. The Morgan fingerprint density at radius 2 is 2.06 bits per heavy atom. The van der Waals surface area contributed by atoms with Gasteiger partial charge in [0.15, 0.2) is 11.6 Å². The lowest BCUT2D eigenvalue weighted by atomic mass is 9.94. The monoisotopic (exact) mass is 432 g/mol. The van der Waals surface area contributed by atoms with E-state index in [0.717, 1.165) is 0 Å². The van der Waals surface area contributed by atoms with Crippen LogP contribution in [0, 0.1) is 12.7 Å².